The first-order valence-electron chi connectivity index (χ1n) is 3.99. The summed E-state index contributed by atoms with van der Waals surface area (Å²) < 4.78 is 0. The molecule has 0 fully saturated rings. The number of β-amino-alcohol motifs (C(OH)–C–C–N with tert-alkyl or cyclic N) is 1. The molecule has 68 valence electrons. The summed E-state index contributed by atoms with van der Waals surface area (Å²) in [5.41, 5.74) is 0.0381. The van der Waals surface area contributed by atoms with E-state index >= 15 is 0 Å². The highest BCUT2D eigenvalue weighted by atomic mass is 16.3. The van der Waals surface area contributed by atoms with Crippen LogP contribution in [0.4, 0.5) is 0 Å². The lowest BCUT2D eigenvalue weighted by Gasteiger charge is -2.22. The van der Waals surface area contributed by atoms with Gasteiger partial charge in [0, 0.05) is 18.7 Å². The molecule has 3 N–H and O–H groups in total. The predicted molar refractivity (Wildman–Crippen MR) is 45.5 cm³/mol. The van der Waals surface area contributed by atoms with Crippen molar-refractivity contribution in [3.8, 4) is 0 Å². The van der Waals surface area contributed by atoms with Crippen molar-refractivity contribution in [3.63, 3.8) is 0 Å². The van der Waals surface area contributed by atoms with Gasteiger partial charge >= 0.3 is 0 Å². The SMILES string of the molecule is CC(C)(C)NCC(O)CCO. The summed E-state index contributed by atoms with van der Waals surface area (Å²) in [5.74, 6) is 0. The van der Waals surface area contributed by atoms with Crippen molar-refractivity contribution < 1.29 is 10.2 Å². The van der Waals surface area contributed by atoms with Crippen molar-refractivity contribution >= 4 is 0 Å². The van der Waals surface area contributed by atoms with Gasteiger partial charge in [0.1, 0.15) is 0 Å². The van der Waals surface area contributed by atoms with Crippen molar-refractivity contribution in [2.75, 3.05) is 13.2 Å². The highest BCUT2D eigenvalue weighted by molar-refractivity contribution is 4.72. The van der Waals surface area contributed by atoms with E-state index in [-0.39, 0.29) is 12.1 Å². The van der Waals surface area contributed by atoms with Gasteiger partial charge in [0.15, 0.2) is 0 Å². The molecule has 0 aliphatic rings. The van der Waals surface area contributed by atoms with Gasteiger partial charge in [-0.1, -0.05) is 0 Å². The number of hydrogen-bond donors (Lipinski definition) is 3. The van der Waals surface area contributed by atoms with E-state index < -0.39 is 6.10 Å². The van der Waals surface area contributed by atoms with Gasteiger partial charge < -0.3 is 15.5 Å². The third-order valence-electron chi connectivity index (χ3n) is 1.33. The average Bonchev–Trinajstić information content (AvgIpc) is 1.83. The van der Waals surface area contributed by atoms with E-state index in [1.54, 1.807) is 0 Å². The summed E-state index contributed by atoms with van der Waals surface area (Å²) in [6.07, 6.45) is 0.0162. The Hall–Kier alpha value is -0.120. The normalized spacial score (nSPS) is 15.0. The fourth-order valence-electron chi connectivity index (χ4n) is 0.675. The first-order valence-corrected chi connectivity index (χ1v) is 3.99. The van der Waals surface area contributed by atoms with Crippen LogP contribution in [0.25, 0.3) is 0 Å². The van der Waals surface area contributed by atoms with Crippen LogP contribution in [0.2, 0.25) is 0 Å². The zero-order valence-corrected chi connectivity index (χ0v) is 7.59. The van der Waals surface area contributed by atoms with E-state index in [0.717, 1.165) is 0 Å². The third-order valence-corrected chi connectivity index (χ3v) is 1.33. The van der Waals surface area contributed by atoms with Crippen molar-refractivity contribution in [1.29, 1.82) is 0 Å². The first kappa shape index (κ1) is 10.9. The minimum Gasteiger partial charge on any atom is -0.396 e. The van der Waals surface area contributed by atoms with Crippen molar-refractivity contribution in [2.45, 2.75) is 38.8 Å². The molecular formula is C8H19NO2. The highest BCUT2D eigenvalue weighted by Gasteiger charge is 2.11. The standard InChI is InChI=1S/C8H19NO2/c1-8(2,3)9-6-7(11)4-5-10/h7,9-11H,4-6H2,1-3H3. The number of nitrogens with one attached hydrogen (secondary N) is 1. The number of aliphatic hydroxyl groups excluding tert-OH is 2. The second-order valence-corrected chi connectivity index (χ2v) is 3.80. The van der Waals surface area contributed by atoms with Crippen LogP contribution in [0.3, 0.4) is 0 Å². The van der Waals surface area contributed by atoms with Gasteiger partial charge in [0.05, 0.1) is 6.10 Å². The Labute approximate surface area is 68.4 Å². The fourth-order valence-corrected chi connectivity index (χ4v) is 0.675. The van der Waals surface area contributed by atoms with E-state index in [9.17, 15) is 5.11 Å². The van der Waals surface area contributed by atoms with Gasteiger partial charge in [-0.2, -0.15) is 0 Å². The lowest BCUT2D eigenvalue weighted by molar-refractivity contribution is 0.124. The van der Waals surface area contributed by atoms with E-state index in [1.807, 2.05) is 20.8 Å². The summed E-state index contributed by atoms with van der Waals surface area (Å²) in [4.78, 5) is 0. The zero-order valence-electron chi connectivity index (χ0n) is 7.59. The lowest BCUT2D eigenvalue weighted by Crippen LogP contribution is -2.41. The van der Waals surface area contributed by atoms with Gasteiger partial charge in [-0.3, -0.25) is 0 Å². The maximum absolute atomic E-state index is 9.19. The molecule has 0 spiro atoms. The minimum absolute atomic E-state index is 0.0381. The second kappa shape index (κ2) is 4.70. The molecule has 0 bridgehead atoms. The summed E-state index contributed by atoms with van der Waals surface area (Å²) in [6, 6.07) is 0. The Morgan fingerprint density at radius 1 is 1.36 bits per heavy atom. The Morgan fingerprint density at radius 3 is 2.27 bits per heavy atom. The second-order valence-electron chi connectivity index (χ2n) is 3.80. The molecule has 0 radical (unpaired) electrons. The van der Waals surface area contributed by atoms with Gasteiger partial charge in [0.2, 0.25) is 0 Å². The number of hydrogen-bond acceptors (Lipinski definition) is 3. The number of rotatable bonds is 4. The zero-order chi connectivity index (χ0) is 8.91. The molecule has 0 aliphatic carbocycles. The topological polar surface area (TPSA) is 52.5 Å². The van der Waals surface area contributed by atoms with E-state index in [2.05, 4.69) is 5.32 Å². The Kier molecular flexibility index (Phi) is 4.65. The molecule has 3 heteroatoms. The van der Waals surface area contributed by atoms with Crippen molar-refractivity contribution in [2.24, 2.45) is 0 Å². The third kappa shape index (κ3) is 7.78. The molecule has 0 saturated carbocycles. The molecule has 0 amide bonds. The van der Waals surface area contributed by atoms with Crippen LogP contribution in [-0.2, 0) is 0 Å². The minimum atomic E-state index is -0.431. The largest absolute Gasteiger partial charge is 0.396 e. The van der Waals surface area contributed by atoms with Crippen LogP contribution in [0.5, 0.6) is 0 Å². The fraction of sp³-hybridized carbons (Fsp3) is 1.00. The van der Waals surface area contributed by atoms with Crippen molar-refractivity contribution in [1.82, 2.24) is 5.32 Å². The molecule has 0 aromatic rings. The van der Waals surface area contributed by atoms with Crippen LogP contribution < -0.4 is 5.32 Å². The quantitative estimate of drug-likeness (QED) is 0.549. The van der Waals surface area contributed by atoms with E-state index in [0.29, 0.717) is 13.0 Å². The maximum Gasteiger partial charge on any atom is 0.0686 e. The van der Waals surface area contributed by atoms with Crippen molar-refractivity contribution in [3.05, 3.63) is 0 Å². The van der Waals surface area contributed by atoms with Crippen LogP contribution in [0.15, 0.2) is 0 Å². The molecule has 11 heavy (non-hydrogen) atoms. The Morgan fingerprint density at radius 2 is 1.91 bits per heavy atom. The predicted octanol–water partition coefficient (Wildman–Crippen LogP) is 0.118. The molecule has 3 nitrogen and oxygen atoms in total. The molecule has 0 saturated heterocycles. The molecule has 0 aromatic carbocycles. The highest BCUT2D eigenvalue weighted by Crippen LogP contribution is 1.99. The molecule has 1 unspecified atom stereocenters. The Balaban J connectivity index is 3.38. The van der Waals surface area contributed by atoms with Gasteiger partial charge in [-0.15, -0.1) is 0 Å². The first-order chi connectivity index (χ1) is 4.95. The average molecular weight is 161 g/mol. The molecule has 0 rings (SSSR count). The Bertz CT molecular complexity index is 98.8. The summed E-state index contributed by atoms with van der Waals surface area (Å²) in [7, 11) is 0. The van der Waals surface area contributed by atoms with Crippen LogP contribution in [0.1, 0.15) is 27.2 Å². The van der Waals surface area contributed by atoms with Gasteiger partial charge in [-0.25, -0.2) is 0 Å². The molecular weight excluding hydrogens is 142 g/mol. The van der Waals surface area contributed by atoms with Gasteiger partial charge in [-0.05, 0) is 27.2 Å². The number of aliphatic hydroxyl groups is 2. The lowest BCUT2D eigenvalue weighted by atomic mass is 10.1. The van der Waals surface area contributed by atoms with E-state index in [4.69, 9.17) is 5.11 Å². The van der Waals surface area contributed by atoms with Crippen LogP contribution in [0, 0.1) is 0 Å². The molecule has 0 aromatic heterocycles. The van der Waals surface area contributed by atoms with Gasteiger partial charge in [0.25, 0.3) is 0 Å². The summed E-state index contributed by atoms with van der Waals surface area (Å²) in [6.45, 7) is 6.72. The summed E-state index contributed by atoms with van der Waals surface area (Å²) in [5, 5.41) is 20.8. The molecule has 0 heterocycles. The van der Waals surface area contributed by atoms with Crippen LogP contribution in [-0.4, -0.2) is 35.0 Å². The summed E-state index contributed by atoms with van der Waals surface area (Å²) >= 11 is 0. The van der Waals surface area contributed by atoms with E-state index in [1.165, 1.54) is 0 Å². The molecule has 1 atom stereocenters. The monoisotopic (exact) mass is 161 g/mol. The smallest absolute Gasteiger partial charge is 0.0686 e. The molecule has 0 aliphatic heterocycles. The van der Waals surface area contributed by atoms with Crippen LogP contribution >= 0.6 is 0 Å². The maximum atomic E-state index is 9.19.